The second-order valence-corrected chi connectivity index (χ2v) is 7.97. The van der Waals surface area contributed by atoms with Crippen LogP contribution in [0.25, 0.3) is 6.08 Å². The Hall–Kier alpha value is -3.86. The van der Waals surface area contributed by atoms with Crippen LogP contribution >= 0.6 is 0 Å². The van der Waals surface area contributed by atoms with Gasteiger partial charge in [0.15, 0.2) is 5.54 Å². The number of aryl methyl sites for hydroxylation is 1. The van der Waals surface area contributed by atoms with Crippen LogP contribution in [-0.2, 0) is 9.59 Å². The number of amides is 2. The molecule has 2 amide bonds. The van der Waals surface area contributed by atoms with E-state index in [-0.39, 0.29) is 18.2 Å². The quantitative estimate of drug-likeness (QED) is 0.550. The third-order valence-corrected chi connectivity index (χ3v) is 5.97. The van der Waals surface area contributed by atoms with Crippen molar-refractivity contribution >= 4 is 29.3 Å². The van der Waals surface area contributed by atoms with Crippen molar-refractivity contribution in [2.24, 2.45) is 0 Å². The molecular formula is C27H26N2O3. The van der Waals surface area contributed by atoms with Crippen LogP contribution in [0.1, 0.15) is 24.5 Å². The van der Waals surface area contributed by atoms with E-state index < -0.39 is 5.54 Å². The fourth-order valence-electron chi connectivity index (χ4n) is 4.13. The molecule has 1 fully saturated rings. The predicted molar refractivity (Wildman–Crippen MR) is 128 cm³/mol. The van der Waals surface area contributed by atoms with Gasteiger partial charge in [-0.3, -0.25) is 14.5 Å². The van der Waals surface area contributed by atoms with E-state index in [4.69, 9.17) is 4.74 Å². The van der Waals surface area contributed by atoms with E-state index in [2.05, 4.69) is 5.32 Å². The average Bonchev–Trinajstić information content (AvgIpc) is 2.79. The van der Waals surface area contributed by atoms with Crippen molar-refractivity contribution in [3.63, 3.8) is 0 Å². The van der Waals surface area contributed by atoms with E-state index in [0.717, 1.165) is 22.4 Å². The lowest BCUT2D eigenvalue weighted by atomic mass is 9.75. The second kappa shape index (κ2) is 8.71. The lowest BCUT2D eigenvalue weighted by Gasteiger charge is -2.51. The summed E-state index contributed by atoms with van der Waals surface area (Å²) in [7, 11) is 1.59. The van der Waals surface area contributed by atoms with E-state index in [1.54, 1.807) is 24.1 Å². The van der Waals surface area contributed by atoms with E-state index in [9.17, 15) is 9.59 Å². The Bertz CT molecular complexity index is 1170. The van der Waals surface area contributed by atoms with Crippen molar-refractivity contribution in [2.75, 3.05) is 17.3 Å². The van der Waals surface area contributed by atoms with Crippen LogP contribution < -0.4 is 15.0 Å². The number of nitrogens with one attached hydrogen (secondary N) is 1. The smallest absolute Gasteiger partial charge is 0.255 e. The molecular weight excluding hydrogens is 400 g/mol. The van der Waals surface area contributed by atoms with Gasteiger partial charge >= 0.3 is 0 Å². The second-order valence-electron chi connectivity index (χ2n) is 7.97. The normalized spacial score (nSPS) is 18.2. The molecule has 1 aliphatic heterocycles. The van der Waals surface area contributed by atoms with Crippen LogP contribution in [0.3, 0.4) is 0 Å². The number of benzene rings is 3. The average molecular weight is 427 g/mol. The zero-order valence-corrected chi connectivity index (χ0v) is 18.5. The standard InChI is InChI=1S/C27H26N2O3/c1-19-9-7-8-12-24(19)28-26(31)27(20(2)17-21-10-5-4-6-11-21)18-25(30)29(27)22-13-15-23(32-3)16-14-22/h4-17H,18H2,1-3H3,(H,28,31). The molecule has 3 aromatic carbocycles. The number of hydrogen-bond acceptors (Lipinski definition) is 3. The largest absolute Gasteiger partial charge is 0.497 e. The number of methoxy groups -OCH3 is 1. The van der Waals surface area contributed by atoms with Gasteiger partial charge in [0.2, 0.25) is 5.91 Å². The van der Waals surface area contributed by atoms with Crippen LogP contribution in [-0.4, -0.2) is 24.5 Å². The monoisotopic (exact) mass is 426 g/mol. The van der Waals surface area contributed by atoms with Gasteiger partial charge in [0, 0.05) is 11.4 Å². The van der Waals surface area contributed by atoms with E-state index in [0.29, 0.717) is 11.4 Å². The predicted octanol–water partition coefficient (Wildman–Crippen LogP) is 5.22. The van der Waals surface area contributed by atoms with Gasteiger partial charge in [0.25, 0.3) is 5.91 Å². The van der Waals surface area contributed by atoms with Crippen molar-refractivity contribution in [1.29, 1.82) is 0 Å². The minimum Gasteiger partial charge on any atom is -0.497 e. The summed E-state index contributed by atoms with van der Waals surface area (Å²) in [5.41, 5.74) is 3.00. The molecule has 0 aliphatic carbocycles. The third kappa shape index (κ3) is 3.78. The van der Waals surface area contributed by atoms with Gasteiger partial charge in [0.05, 0.1) is 13.5 Å². The molecule has 0 spiro atoms. The molecule has 3 aromatic rings. The first-order chi connectivity index (χ1) is 15.5. The summed E-state index contributed by atoms with van der Waals surface area (Å²) in [5, 5.41) is 3.06. The molecule has 0 bridgehead atoms. The van der Waals surface area contributed by atoms with Crippen molar-refractivity contribution in [3.8, 4) is 5.75 Å². The van der Waals surface area contributed by atoms with Crippen molar-refractivity contribution in [2.45, 2.75) is 25.8 Å². The van der Waals surface area contributed by atoms with Crippen LogP contribution in [0.2, 0.25) is 0 Å². The van der Waals surface area contributed by atoms with E-state index in [1.165, 1.54) is 0 Å². The summed E-state index contributed by atoms with van der Waals surface area (Å²) in [4.78, 5) is 28.2. The highest BCUT2D eigenvalue weighted by atomic mass is 16.5. The number of nitrogens with zero attached hydrogens (tertiary/aromatic N) is 1. The topological polar surface area (TPSA) is 58.6 Å². The minimum absolute atomic E-state index is 0.101. The molecule has 1 unspecified atom stereocenters. The fraction of sp³-hybridized carbons (Fsp3) is 0.185. The highest BCUT2D eigenvalue weighted by molar-refractivity contribution is 6.19. The van der Waals surface area contributed by atoms with Crippen molar-refractivity contribution in [1.82, 2.24) is 0 Å². The molecule has 1 atom stereocenters. The Morgan fingerprint density at radius 3 is 2.28 bits per heavy atom. The summed E-state index contributed by atoms with van der Waals surface area (Å²) in [6.45, 7) is 3.86. The Morgan fingerprint density at radius 2 is 1.66 bits per heavy atom. The summed E-state index contributed by atoms with van der Waals surface area (Å²) in [6, 6.07) is 24.6. The van der Waals surface area contributed by atoms with Gasteiger partial charge in [-0.05, 0) is 60.9 Å². The molecule has 0 aromatic heterocycles. The Morgan fingerprint density at radius 1 is 1.00 bits per heavy atom. The summed E-state index contributed by atoms with van der Waals surface area (Å²) < 4.78 is 5.25. The Kier molecular flexibility index (Phi) is 5.82. The Labute approximate surface area is 188 Å². The first-order valence-corrected chi connectivity index (χ1v) is 10.5. The summed E-state index contributed by atoms with van der Waals surface area (Å²) >= 11 is 0. The maximum Gasteiger partial charge on any atom is 0.255 e. The van der Waals surface area contributed by atoms with E-state index >= 15 is 0 Å². The maximum atomic E-state index is 13.8. The molecule has 1 heterocycles. The van der Waals surface area contributed by atoms with Gasteiger partial charge in [-0.25, -0.2) is 0 Å². The molecule has 1 aliphatic rings. The molecule has 162 valence electrons. The van der Waals surface area contributed by atoms with Crippen molar-refractivity contribution < 1.29 is 14.3 Å². The number of carbonyl (C=O) groups excluding carboxylic acids is 2. The van der Waals surface area contributed by atoms with Crippen LogP contribution in [0.4, 0.5) is 11.4 Å². The highest BCUT2D eigenvalue weighted by Gasteiger charge is 2.58. The van der Waals surface area contributed by atoms with Gasteiger partial charge < -0.3 is 10.1 Å². The Balaban J connectivity index is 1.78. The van der Waals surface area contributed by atoms with Crippen LogP contribution in [0.15, 0.2) is 84.4 Å². The van der Waals surface area contributed by atoms with Gasteiger partial charge in [-0.1, -0.05) is 54.6 Å². The summed E-state index contributed by atoms with van der Waals surface area (Å²) in [5.74, 6) is 0.357. The molecule has 5 nitrogen and oxygen atoms in total. The molecule has 0 radical (unpaired) electrons. The maximum absolute atomic E-state index is 13.8. The number of carbonyl (C=O) groups is 2. The first-order valence-electron chi connectivity index (χ1n) is 10.5. The number of ether oxygens (including phenoxy) is 1. The molecule has 32 heavy (non-hydrogen) atoms. The molecule has 5 heteroatoms. The lowest BCUT2D eigenvalue weighted by molar-refractivity contribution is -0.135. The van der Waals surface area contributed by atoms with Crippen LogP contribution in [0, 0.1) is 6.92 Å². The summed E-state index contributed by atoms with van der Waals surface area (Å²) in [6.07, 6.45) is 2.08. The van der Waals surface area contributed by atoms with Crippen molar-refractivity contribution in [3.05, 3.63) is 95.6 Å². The lowest BCUT2D eigenvalue weighted by Crippen LogP contribution is -2.70. The number of para-hydroxylation sites is 1. The van der Waals surface area contributed by atoms with E-state index in [1.807, 2.05) is 86.7 Å². The molecule has 4 rings (SSSR count). The SMILES string of the molecule is COc1ccc(N2C(=O)CC2(C(=O)Nc2ccccc2C)C(C)=Cc2ccccc2)cc1. The van der Waals surface area contributed by atoms with Crippen LogP contribution in [0.5, 0.6) is 5.75 Å². The van der Waals surface area contributed by atoms with Gasteiger partial charge in [-0.2, -0.15) is 0 Å². The number of hydrogen-bond donors (Lipinski definition) is 1. The molecule has 1 saturated heterocycles. The first kappa shape index (κ1) is 21.4. The fourth-order valence-corrected chi connectivity index (χ4v) is 4.13. The number of anilines is 2. The number of β-lactam (4-membered cyclic amide) rings is 1. The zero-order chi connectivity index (χ0) is 22.7. The zero-order valence-electron chi connectivity index (χ0n) is 18.5. The molecule has 0 saturated carbocycles. The highest BCUT2D eigenvalue weighted by Crippen LogP contribution is 2.44. The minimum atomic E-state index is -1.12. The molecule has 1 N–H and O–H groups in total. The number of rotatable bonds is 6. The van der Waals surface area contributed by atoms with Gasteiger partial charge in [0.1, 0.15) is 5.75 Å². The third-order valence-electron chi connectivity index (χ3n) is 5.97. The van der Waals surface area contributed by atoms with Gasteiger partial charge in [-0.15, -0.1) is 0 Å².